The van der Waals surface area contributed by atoms with E-state index in [1.54, 1.807) is 0 Å². The minimum atomic E-state index is -3.48. The van der Waals surface area contributed by atoms with E-state index in [1.807, 2.05) is 0 Å². The van der Waals surface area contributed by atoms with Gasteiger partial charge in [0.05, 0.1) is 12.9 Å². The maximum Gasteiger partial charge on any atom is 1.00 e. The van der Waals surface area contributed by atoms with Crippen molar-refractivity contribution in [3.05, 3.63) is 0 Å². The third-order valence-electron chi connectivity index (χ3n) is 3.94. The van der Waals surface area contributed by atoms with Crippen molar-refractivity contribution >= 4 is 16.0 Å². The Morgan fingerprint density at radius 2 is 1.38 bits per heavy atom. The van der Waals surface area contributed by atoms with Gasteiger partial charge in [-0.25, -0.2) is 0 Å². The summed E-state index contributed by atoms with van der Waals surface area (Å²) < 4.78 is 26.4. The topological polar surface area (TPSA) is 72.5 Å². The third-order valence-corrected chi connectivity index (χ3v) is 5.15. The summed E-state index contributed by atoms with van der Waals surface area (Å²) in [4.78, 5) is 11.5. The summed E-state index contributed by atoms with van der Waals surface area (Å²) in [5.74, 6) is -0.250. The van der Waals surface area contributed by atoms with Crippen LogP contribution in [0.1, 0.15) is 85.4 Å². The summed E-state index contributed by atoms with van der Waals surface area (Å²) in [7, 11) is -2.35. The zero-order chi connectivity index (χ0) is 17.4. The first kappa shape index (κ1) is 26.6. The Hall–Kier alpha value is 0.380. The molecule has 0 aliphatic carbocycles. The molecule has 5 nitrogen and oxygen atoms in total. The molecule has 1 N–H and O–H groups in total. The molecule has 140 valence electrons. The summed E-state index contributed by atoms with van der Waals surface area (Å²) in [6.07, 6.45) is 14.2. The molecule has 0 fully saturated rings. The number of hydrogen-bond donors (Lipinski definition) is 1. The first-order chi connectivity index (χ1) is 11.0. The van der Waals surface area contributed by atoms with Crippen LogP contribution in [0.25, 0.3) is 0 Å². The Balaban J connectivity index is -0.00000242. The van der Waals surface area contributed by atoms with E-state index in [-0.39, 0.29) is 49.2 Å². The van der Waals surface area contributed by atoms with E-state index in [0.29, 0.717) is 6.42 Å². The van der Waals surface area contributed by atoms with Gasteiger partial charge in [-0.05, 0) is 6.42 Å². The van der Waals surface area contributed by atoms with Gasteiger partial charge in [-0.15, -0.1) is 0 Å². The standard InChI is InChI=1S/C17H35NO4S.Na.H/c1-3-4-5-6-7-8-9-10-11-12-13-14-17(19)18-15-16-23(20,21)22-2;;/h3-16H2,1-2H3,(H,18,19);;/q;+1;-1. The van der Waals surface area contributed by atoms with Gasteiger partial charge in [0.15, 0.2) is 0 Å². The van der Waals surface area contributed by atoms with Gasteiger partial charge in [0.1, 0.15) is 0 Å². The van der Waals surface area contributed by atoms with Crippen molar-refractivity contribution in [2.75, 3.05) is 19.4 Å². The van der Waals surface area contributed by atoms with Gasteiger partial charge in [-0.2, -0.15) is 8.42 Å². The Kier molecular flexibility index (Phi) is 20.2. The molecule has 0 aromatic heterocycles. The van der Waals surface area contributed by atoms with Gasteiger partial charge in [-0.1, -0.05) is 71.1 Å². The molecule has 0 atom stereocenters. The zero-order valence-corrected chi connectivity index (χ0v) is 18.8. The number of hydrogen-bond acceptors (Lipinski definition) is 4. The fraction of sp³-hybridized carbons (Fsp3) is 0.941. The molecule has 0 rings (SSSR count). The fourth-order valence-corrected chi connectivity index (χ4v) is 2.96. The van der Waals surface area contributed by atoms with Crippen LogP contribution < -0.4 is 34.9 Å². The molecule has 0 unspecified atom stereocenters. The molecule has 0 heterocycles. The molecule has 0 aliphatic rings. The van der Waals surface area contributed by atoms with Crippen LogP contribution in [-0.2, 0) is 19.1 Å². The van der Waals surface area contributed by atoms with Crippen molar-refractivity contribution < 1.29 is 48.4 Å². The SMILES string of the molecule is CCCCCCCCCCCCCC(=O)NCCS(=O)(=O)OC.[H-].[Na+]. The average Bonchev–Trinajstić information content (AvgIpc) is 2.52. The minimum absolute atomic E-state index is 0. The van der Waals surface area contributed by atoms with Crippen molar-refractivity contribution in [2.45, 2.75) is 84.0 Å². The second kappa shape index (κ2) is 18.2. The van der Waals surface area contributed by atoms with Crippen LogP contribution in [0.5, 0.6) is 0 Å². The molecular weight excluding hydrogens is 337 g/mol. The van der Waals surface area contributed by atoms with E-state index in [2.05, 4.69) is 16.4 Å². The number of rotatable bonds is 16. The number of nitrogens with one attached hydrogen (secondary N) is 1. The van der Waals surface area contributed by atoms with Gasteiger partial charge in [-0.3, -0.25) is 8.98 Å². The van der Waals surface area contributed by atoms with E-state index in [4.69, 9.17) is 0 Å². The van der Waals surface area contributed by atoms with Crippen LogP contribution in [-0.4, -0.2) is 33.7 Å². The smallest absolute Gasteiger partial charge is 1.00 e. The summed E-state index contributed by atoms with van der Waals surface area (Å²) in [5, 5.41) is 2.61. The Morgan fingerprint density at radius 1 is 0.917 bits per heavy atom. The molecule has 24 heavy (non-hydrogen) atoms. The Morgan fingerprint density at radius 3 is 1.83 bits per heavy atom. The van der Waals surface area contributed by atoms with Crippen molar-refractivity contribution in [1.29, 1.82) is 0 Å². The van der Waals surface area contributed by atoms with Crippen LogP contribution in [0, 0.1) is 0 Å². The van der Waals surface area contributed by atoms with Gasteiger partial charge in [0.2, 0.25) is 5.91 Å². The van der Waals surface area contributed by atoms with E-state index < -0.39 is 10.1 Å². The predicted molar refractivity (Wildman–Crippen MR) is 96.0 cm³/mol. The maximum atomic E-state index is 11.5. The first-order valence-electron chi connectivity index (χ1n) is 9.07. The van der Waals surface area contributed by atoms with Crippen LogP contribution >= 0.6 is 0 Å². The van der Waals surface area contributed by atoms with Gasteiger partial charge in [0.25, 0.3) is 10.1 Å². The second-order valence-electron chi connectivity index (χ2n) is 6.06. The number of carbonyl (C=O) groups excluding carboxylic acids is 1. The molecule has 7 heteroatoms. The Labute approximate surface area is 172 Å². The normalized spacial score (nSPS) is 11.1. The van der Waals surface area contributed by atoms with E-state index >= 15 is 0 Å². The average molecular weight is 374 g/mol. The molecule has 0 spiro atoms. The quantitative estimate of drug-likeness (QED) is 0.248. The number of unbranched alkanes of at least 4 members (excludes halogenated alkanes) is 10. The largest absolute Gasteiger partial charge is 1.00 e. The summed E-state index contributed by atoms with van der Waals surface area (Å²) in [5.41, 5.74) is 0. The van der Waals surface area contributed by atoms with Crippen molar-refractivity contribution in [3.8, 4) is 0 Å². The van der Waals surface area contributed by atoms with Crippen LogP contribution in [0.2, 0.25) is 0 Å². The molecule has 0 aromatic rings. The number of carbonyl (C=O) groups is 1. The molecule has 1 amide bonds. The summed E-state index contributed by atoms with van der Waals surface area (Å²) in [6.45, 7) is 2.36. The molecule has 0 saturated carbocycles. The first-order valence-corrected chi connectivity index (χ1v) is 10.6. The second-order valence-corrected chi connectivity index (χ2v) is 7.92. The van der Waals surface area contributed by atoms with E-state index in [9.17, 15) is 13.2 Å². The van der Waals surface area contributed by atoms with Gasteiger partial charge in [0, 0.05) is 13.0 Å². The minimum Gasteiger partial charge on any atom is -1.00 e. The molecule has 0 aliphatic heterocycles. The molecule has 0 aromatic carbocycles. The van der Waals surface area contributed by atoms with E-state index in [0.717, 1.165) is 20.0 Å². The monoisotopic (exact) mass is 373 g/mol. The van der Waals surface area contributed by atoms with Crippen molar-refractivity contribution in [3.63, 3.8) is 0 Å². The van der Waals surface area contributed by atoms with Gasteiger partial charge < -0.3 is 6.74 Å². The molecule has 0 radical (unpaired) electrons. The molecule has 0 saturated heterocycles. The number of amides is 1. The third kappa shape index (κ3) is 18.7. The van der Waals surface area contributed by atoms with Crippen LogP contribution in [0.15, 0.2) is 0 Å². The summed E-state index contributed by atoms with van der Waals surface area (Å²) in [6, 6.07) is 0. The van der Waals surface area contributed by atoms with Crippen molar-refractivity contribution in [2.24, 2.45) is 0 Å². The fourth-order valence-electron chi connectivity index (χ4n) is 2.44. The van der Waals surface area contributed by atoms with Gasteiger partial charge >= 0.3 is 29.6 Å². The maximum absolute atomic E-state index is 11.5. The van der Waals surface area contributed by atoms with E-state index in [1.165, 1.54) is 57.8 Å². The zero-order valence-electron chi connectivity index (χ0n) is 16.9. The van der Waals surface area contributed by atoms with Crippen LogP contribution in [0.3, 0.4) is 0 Å². The van der Waals surface area contributed by atoms with Crippen molar-refractivity contribution in [1.82, 2.24) is 5.32 Å². The van der Waals surface area contributed by atoms with Crippen LogP contribution in [0.4, 0.5) is 0 Å². The molecule has 0 bridgehead atoms. The Bertz CT molecular complexity index is 394. The molecular formula is C17H36NNaO4S. The summed E-state index contributed by atoms with van der Waals surface area (Å²) >= 11 is 0. The predicted octanol–water partition coefficient (Wildman–Crippen LogP) is 0.896.